The van der Waals surface area contributed by atoms with E-state index in [-0.39, 0.29) is 25.7 Å². The van der Waals surface area contributed by atoms with Crippen LogP contribution in [0.5, 0.6) is 0 Å². The summed E-state index contributed by atoms with van der Waals surface area (Å²) in [4.78, 5) is 37.8. The third kappa shape index (κ3) is 13.3. The van der Waals surface area contributed by atoms with Crippen molar-refractivity contribution in [3.63, 3.8) is 0 Å². The van der Waals surface area contributed by atoms with E-state index >= 15 is 0 Å². The second-order valence-corrected chi connectivity index (χ2v) is 8.12. The number of urea groups is 1. The van der Waals surface area contributed by atoms with Gasteiger partial charge in [0.15, 0.2) is 0 Å². The highest BCUT2D eigenvalue weighted by Crippen LogP contribution is 2.15. The number of amides is 2. The topological polar surface area (TPSA) is 94.2 Å². The standard InChI is InChI=1S/C24H42N2O6/c1-3-4-5-6-7-8-9-10-11-12-13-21(20-22(27)31-19-18-30-2)23(28)32-17-16-26-15-14-25-24(26)29/h11-12,21H,3-10,13-20H2,1-2H3,(H,25,29)/b12-11+. The third-order valence-corrected chi connectivity index (χ3v) is 5.41. The maximum atomic E-state index is 12.5. The molecule has 8 heteroatoms. The number of hydrogen-bond acceptors (Lipinski definition) is 6. The van der Waals surface area contributed by atoms with Crippen molar-refractivity contribution in [3.05, 3.63) is 12.2 Å². The van der Waals surface area contributed by atoms with Crippen molar-refractivity contribution in [3.8, 4) is 0 Å². The third-order valence-electron chi connectivity index (χ3n) is 5.41. The van der Waals surface area contributed by atoms with Crippen LogP contribution in [0.25, 0.3) is 0 Å². The summed E-state index contributed by atoms with van der Waals surface area (Å²) in [5.74, 6) is -1.47. The molecular formula is C24H42N2O6. The Morgan fingerprint density at radius 2 is 1.78 bits per heavy atom. The van der Waals surface area contributed by atoms with Crippen molar-refractivity contribution in [2.75, 3.05) is 46.6 Å². The molecule has 0 aromatic heterocycles. The number of ether oxygens (including phenoxy) is 3. The molecule has 1 aliphatic rings. The first-order valence-electron chi connectivity index (χ1n) is 12.1. The normalized spacial score (nSPS) is 14.6. The highest BCUT2D eigenvalue weighted by atomic mass is 16.6. The molecule has 1 atom stereocenters. The molecule has 184 valence electrons. The van der Waals surface area contributed by atoms with Crippen LogP contribution in [0.3, 0.4) is 0 Å². The minimum absolute atomic E-state index is 0.0332. The molecular weight excluding hydrogens is 412 g/mol. The van der Waals surface area contributed by atoms with E-state index < -0.39 is 17.9 Å². The summed E-state index contributed by atoms with van der Waals surface area (Å²) in [5.41, 5.74) is 0. The Labute approximate surface area is 193 Å². The molecule has 0 bridgehead atoms. The van der Waals surface area contributed by atoms with Crippen LogP contribution >= 0.6 is 0 Å². The molecule has 32 heavy (non-hydrogen) atoms. The number of nitrogens with zero attached hydrogens (tertiary/aromatic N) is 1. The van der Waals surface area contributed by atoms with Gasteiger partial charge in [-0.25, -0.2) is 4.79 Å². The number of hydrogen-bond donors (Lipinski definition) is 1. The first-order chi connectivity index (χ1) is 15.6. The number of carbonyl (C=O) groups is 3. The van der Waals surface area contributed by atoms with Gasteiger partial charge in [0.2, 0.25) is 0 Å². The predicted octanol–water partition coefficient (Wildman–Crippen LogP) is 3.84. The summed E-state index contributed by atoms with van der Waals surface area (Å²) < 4.78 is 15.3. The molecule has 1 saturated heterocycles. The van der Waals surface area contributed by atoms with Gasteiger partial charge in [0, 0.05) is 20.2 Å². The number of nitrogens with one attached hydrogen (secondary N) is 1. The largest absolute Gasteiger partial charge is 0.464 e. The Bertz CT molecular complexity index is 567. The number of methoxy groups -OCH3 is 1. The summed E-state index contributed by atoms with van der Waals surface area (Å²) in [5, 5.41) is 2.71. The lowest BCUT2D eigenvalue weighted by molar-refractivity contribution is -0.155. The Morgan fingerprint density at radius 1 is 1.03 bits per heavy atom. The van der Waals surface area contributed by atoms with Crippen molar-refractivity contribution in [1.82, 2.24) is 10.2 Å². The molecule has 0 aromatic carbocycles. The zero-order valence-electron chi connectivity index (χ0n) is 19.9. The Balaban J connectivity index is 2.37. The van der Waals surface area contributed by atoms with Gasteiger partial charge in [0.05, 0.1) is 25.5 Å². The monoisotopic (exact) mass is 454 g/mol. The highest BCUT2D eigenvalue weighted by Gasteiger charge is 2.24. The van der Waals surface area contributed by atoms with Gasteiger partial charge >= 0.3 is 18.0 Å². The quantitative estimate of drug-likeness (QED) is 0.181. The molecule has 8 nitrogen and oxygen atoms in total. The molecule has 0 aliphatic carbocycles. The first kappa shape index (κ1) is 27.9. The highest BCUT2D eigenvalue weighted by molar-refractivity contribution is 5.80. The average Bonchev–Trinajstić information content (AvgIpc) is 3.19. The molecule has 1 rings (SSSR count). The van der Waals surface area contributed by atoms with E-state index in [1.807, 2.05) is 6.08 Å². The van der Waals surface area contributed by atoms with E-state index in [0.29, 0.717) is 32.7 Å². The summed E-state index contributed by atoms with van der Waals surface area (Å²) in [7, 11) is 1.53. The summed E-state index contributed by atoms with van der Waals surface area (Å²) in [6.45, 7) is 4.37. The lowest BCUT2D eigenvalue weighted by atomic mass is 10.0. The zero-order chi connectivity index (χ0) is 23.4. The number of rotatable bonds is 19. The van der Waals surface area contributed by atoms with Crippen LogP contribution in [0.2, 0.25) is 0 Å². The van der Waals surface area contributed by atoms with E-state index in [9.17, 15) is 14.4 Å². The number of carbonyl (C=O) groups excluding carboxylic acids is 3. The van der Waals surface area contributed by atoms with Crippen molar-refractivity contribution in [2.24, 2.45) is 5.92 Å². The molecule has 1 N–H and O–H groups in total. The fourth-order valence-corrected chi connectivity index (χ4v) is 3.46. The van der Waals surface area contributed by atoms with Crippen LogP contribution < -0.4 is 5.32 Å². The minimum atomic E-state index is -0.595. The van der Waals surface area contributed by atoms with Crippen LogP contribution in [-0.4, -0.2) is 69.4 Å². The van der Waals surface area contributed by atoms with Gasteiger partial charge in [0.25, 0.3) is 0 Å². The molecule has 1 fully saturated rings. The van der Waals surface area contributed by atoms with Crippen molar-refractivity contribution < 1.29 is 28.6 Å². The fraction of sp³-hybridized carbons (Fsp3) is 0.792. The molecule has 1 aliphatic heterocycles. The molecule has 0 saturated carbocycles. The van der Waals surface area contributed by atoms with Crippen LogP contribution in [-0.2, 0) is 23.8 Å². The molecule has 0 spiro atoms. The van der Waals surface area contributed by atoms with Crippen molar-refractivity contribution in [2.45, 2.75) is 71.1 Å². The Morgan fingerprint density at radius 3 is 2.47 bits per heavy atom. The molecule has 2 amide bonds. The number of allylic oxidation sites excluding steroid dienone is 2. The summed E-state index contributed by atoms with van der Waals surface area (Å²) >= 11 is 0. The fourth-order valence-electron chi connectivity index (χ4n) is 3.46. The molecule has 0 aromatic rings. The van der Waals surface area contributed by atoms with E-state index in [4.69, 9.17) is 14.2 Å². The first-order valence-corrected chi connectivity index (χ1v) is 12.1. The zero-order valence-corrected chi connectivity index (χ0v) is 19.9. The predicted molar refractivity (Wildman–Crippen MR) is 123 cm³/mol. The lowest BCUT2D eigenvalue weighted by Crippen LogP contribution is -2.32. The molecule has 0 radical (unpaired) electrons. The number of unbranched alkanes of at least 4 members (excludes halogenated alkanes) is 7. The average molecular weight is 455 g/mol. The minimum Gasteiger partial charge on any atom is -0.464 e. The van der Waals surface area contributed by atoms with Crippen LogP contribution in [0, 0.1) is 5.92 Å². The smallest absolute Gasteiger partial charge is 0.317 e. The van der Waals surface area contributed by atoms with Gasteiger partial charge in [-0.3, -0.25) is 9.59 Å². The van der Waals surface area contributed by atoms with E-state index in [2.05, 4.69) is 18.3 Å². The number of esters is 2. The van der Waals surface area contributed by atoms with E-state index in [0.717, 1.165) is 12.8 Å². The summed E-state index contributed by atoms with van der Waals surface area (Å²) in [6, 6.07) is -0.146. The van der Waals surface area contributed by atoms with Gasteiger partial charge in [-0.05, 0) is 19.3 Å². The van der Waals surface area contributed by atoms with Crippen LogP contribution in [0.4, 0.5) is 4.79 Å². The Kier molecular flexibility index (Phi) is 16.1. The Hall–Kier alpha value is -2.09. The molecule has 1 heterocycles. The van der Waals surface area contributed by atoms with Gasteiger partial charge in [0.1, 0.15) is 13.2 Å². The van der Waals surface area contributed by atoms with Crippen molar-refractivity contribution >= 4 is 18.0 Å². The van der Waals surface area contributed by atoms with Gasteiger partial charge in [-0.1, -0.05) is 57.6 Å². The van der Waals surface area contributed by atoms with Crippen LogP contribution in [0.1, 0.15) is 71.1 Å². The van der Waals surface area contributed by atoms with Gasteiger partial charge in [-0.15, -0.1) is 0 Å². The van der Waals surface area contributed by atoms with Crippen LogP contribution in [0.15, 0.2) is 12.2 Å². The SMILES string of the molecule is CCCCCCCCC/C=C/CC(CC(=O)OCCOC)C(=O)OCCN1CCNC1=O. The van der Waals surface area contributed by atoms with Gasteiger partial charge in [-0.2, -0.15) is 0 Å². The van der Waals surface area contributed by atoms with E-state index in [1.165, 1.54) is 45.6 Å². The maximum Gasteiger partial charge on any atom is 0.317 e. The van der Waals surface area contributed by atoms with Crippen molar-refractivity contribution in [1.29, 1.82) is 0 Å². The lowest BCUT2D eigenvalue weighted by Gasteiger charge is -2.17. The van der Waals surface area contributed by atoms with E-state index in [1.54, 1.807) is 4.90 Å². The second kappa shape index (κ2) is 18.5. The second-order valence-electron chi connectivity index (χ2n) is 8.12. The molecule has 1 unspecified atom stereocenters. The van der Waals surface area contributed by atoms with Gasteiger partial charge < -0.3 is 24.4 Å². The summed E-state index contributed by atoms with van der Waals surface area (Å²) in [6.07, 6.45) is 14.2. The maximum absolute atomic E-state index is 12.5.